The molecule has 2 nitrogen and oxygen atoms in total. The van der Waals surface area contributed by atoms with Gasteiger partial charge in [0.05, 0.1) is 0 Å². The van der Waals surface area contributed by atoms with Crippen LogP contribution in [0.15, 0.2) is 53.1 Å². The maximum Gasteiger partial charge on any atom is 0.106 e. The number of aromatic amines is 1. The second-order valence-electron chi connectivity index (χ2n) is 4.39. The fourth-order valence-electron chi connectivity index (χ4n) is 2.17. The van der Waals surface area contributed by atoms with E-state index in [4.69, 9.17) is 11.6 Å². The Kier molecular flexibility index (Phi) is 3.35. The summed E-state index contributed by atoms with van der Waals surface area (Å²) in [4.78, 5) is 3.14. The average Bonchev–Trinajstić information content (AvgIpc) is 2.81. The summed E-state index contributed by atoms with van der Waals surface area (Å²) in [6.45, 7) is 0. The van der Waals surface area contributed by atoms with E-state index < -0.39 is 6.10 Å². The van der Waals surface area contributed by atoms with E-state index in [0.29, 0.717) is 5.02 Å². The summed E-state index contributed by atoms with van der Waals surface area (Å²) in [5.41, 5.74) is 2.65. The summed E-state index contributed by atoms with van der Waals surface area (Å²) >= 11 is 9.34. The molecule has 2 N–H and O–H groups in total. The zero-order chi connectivity index (χ0) is 13.4. The summed E-state index contributed by atoms with van der Waals surface area (Å²) in [7, 11) is 0. The molecule has 0 bridgehead atoms. The molecule has 0 aliphatic heterocycles. The van der Waals surface area contributed by atoms with Gasteiger partial charge in [-0.2, -0.15) is 0 Å². The van der Waals surface area contributed by atoms with E-state index in [1.807, 2.05) is 48.7 Å². The molecule has 0 aliphatic carbocycles. The van der Waals surface area contributed by atoms with Crippen molar-refractivity contribution in [3.8, 4) is 0 Å². The third-order valence-electron chi connectivity index (χ3n) is 3.16. The highest BCUT2D eigenvalue weighted by Gasteiger charge is 2.15. The van der Waals surface area contributed by atoms with Gasteiger partial charge in [0.1, 0.15) is 6.10 Å². The Morgan fingerprint density at radius 3 is 2.58 bits per heavy atom. The molecular formula is C15H11BrClNO. The van der Waals surface area contributed by atoms with Crippen LogP contribution in [0.25, 0.3) is 10.9 Å². The van der Waals surface area contributed by atoms with Gasteiger partial charge in [-0.25, -0.2) is 0 Å². The molecule has 1 atom stereocenters. The molecule has 19 heavy (non-hydrogen) atoms. The first-order valence-electron chi connectivity index (χ1n) is 5.85. The van der Waals surface area contributed by atoms with Crippen LogP contribution in [0.2, 0.25) is 5.02 Å². The number of halogens is 2. The Morgan fingerprint density at radius 2 is 1.84 bits per heavy atom. The van der Waals surface area contributed by atoms with Crippen molar-refractivity contribution in [1.82, 2.24) is 4.98 Å². The Morgan fingerprint density at radius 1 is 1.11 bits per heavy atom. The van der Waals surface area contributed by atoms with Gasteiger partial charge in [-0.15, -0.1) is 0 Å². The van der Waals surface area contributed by atoms with Gasteiger partial charge in [0.15, 0.2) is 0 Å². The molecule has 0 aliphatic rings. The molecule has 0 radical (unpaired) electrons. The van der Waals surface area contributed by atoms with Gasteiger partial charge >= 0.3 is 0 Å². The third-order valence-corrected chi connectivity index (χ3v) is 3.92. The van der Waals surface area contributed by atoms with E-state index in [-0.39, 0.29) is 0 Å². The highest BCUT2D eigenvalue weighted by molar-refractivity contribution is 9.10. The van der Waals surface area contributed by atoms with Crippen LogP contribution in [0.1, 0.15) is 17.2 Å². The lowest BCUT2D eigenvalue weighted by Gasteiger charge is -2.10. The Bertz CT molecular complexity index is 721. The molecule has 2 aromatic carbocycles. The summed E-state index contributed by atoms with van der Waals surface area (Å²) in [5, 5.41) is 12.1. The van der Waals surface area contributed by atoms with E-state index in [9.17, 15) is 5.11 Å². The number of hydrogen-bond donors (Lipinski definition) is 2. The van der Waals surface area contributed by atoms with E-state index in [0.717, 1.165) is 26.5 Å². The highest BCUT2D eigenvalue weighted by Crippen LogP contribution is 2.30. The topological polar surface area (TPSA) is 36.0 Å². The van der Waals surface area contributed by atoms with Gasteiger partial charge in [-0.3, -0.25) is 0 Å². The zero-order valence-corrected chi connectivity index (χ0v) is 12.2. The summed E-state index contributed by atoms with van der Waals surface area (Å²) < 4.78 is 0.995. The number of aliphatic hydroxyl groups is 1. The second kappa shape index (κ2) is 5.00. The standard InChI is InChI=1S/C15H11BrClNO/c16-10-3-1-9(2-4-10)15(19)13-8-18-14-7-11(17)5-6-12(13)14/h1-8,15,18-19H. The fraction of sp³-hybridized carbons (Fsp3) is 0.0667. The number of fused-ring (bicyclic) bond motifs is 1. The molecule has 3 rings (SSSR count). The zero-order valence-electron chi connectivity index (χ0n) is 9.90. The molecule has 0 saturated carbocycles. The van der Waals surface area contributed by atoms with E-state index in [1.54, 1.807) is 0 Å². The van der Waals surface area contributed by atoms with Crippen LogP contribution < -0.4 is 0 Å². The number of H-pyrrole nitrogens is 1. The lowest BCUT2D eigenvalue weighted by Crippen LogP contribution is -1.98. The Hall–Kier alpha value is -1.29. The molecule has 0 fully saturated rings. The molecule has 0 saturated heterocycles. The van der Waals surface area contributed by atoms with E-state index in [2.05, 4.69) is 20.9 Å². The number of aromatic nitrogens is 1. The predicted octanol–water partition coefficient (Wildman–Crippen LogP) is 4.67. The number of hydrogen-bond acceptors (Lipinski definition) is 1. The van der Waals surface area contributed by atoms with Crippen molar-refractivity contribution in [2.24, 2.45) is 0 Å². The maximum absolute atomic E-state index is 10.5. The SMILES string of the molecule is OC(c1ccc(Br)cc1)c1c[nH]c2cc(Cl)ccc12. The van der Waals surface area contributed by atoms with Crippen LogP contribution in [-0.2, 0) is 0 Å². The Balaban J connectivity index is 2.06. The first-order chi connectivity index (χ1) is 9.15. The molecule has 0 amide bonds. The molecular weight excluding hydrogens is 326 g/mol. The van der Waals surface area contributed by atoms with Crippen LogP contribution in [0.5, 0.6) is 0 Å². The minimum atomic E-state index is -0.650. The number of nitrogens with one attached hydrogen (secondary N) is 1. The van der Waals surface area contributed by atoms with E-state index >= 15 is 0 Å². The largest absolute Gasteiger partial charge is 0.384 e. The highest BCUT2D eigenvalue weighted by atomic mass is 79.9. The molecule has 1 aromatic heterocycles. The monoisotopic (exact) mass is 335 g/mol. The van der Waals surface area contributed by atoms with Crippen LogP contribution >= 0.6 is 27.5 Å². The molecule has 3 aromatic rings. The quantitative estimate of drug-likeness (QED) is 0.701. The summed E-state index contributed by atoms with van der Waals surface area (Å²) in [6.07, 6.45) is 1.18. The number of benzene rings is 2. The smallest absolute Gasteiger partial charge is 0.106 e. The van der Waals surface area contributed by atoms with Gasteiger partial charge in [0.2, 0.25) is 0 Å². The second-order valence-corrected chi connectivity index (χ2v) is 5.74. The minimum Gasteiger partial charge on any atom is -0.384 e. The van der Waals surface area contributed by atoms with Crippen molar-refractivity contribution in [1.29, 1.82) is 0 Å². The molecule has 1 unspecified atom stereocenters. The lowest BCUT2D eigenvalue weighted by atomic mass is 10.0. The third kappa shape index (κ3) is 2.41. The van der Waals surface area contributed by atoms with E-state index in [1.165, 1.54) is 0 Å². The van der Waals surface area contributed by atoms with Crippen LogP contribution in [-0.4, -0.2) is 10.1 Å². The Labute approximate surface area is 124 Å². The van der Waals surface area contributed by atoms with Gasteiger partial charge in [0.25, 0.3) is 0 Å². The van der Waals surface area contributed by atoms with Gasteiger partial charge in [-0.1, -0.05) is 45.7 Å². The minimum absolute atomic E-state index is 0.650. The first kappa shape index (κ1) is 12.7. The van der Waals surface area contributed by atoms with Crippen molar-refractivity contribution >= 4 is 38.4 Å². The molecule has 0 spiro atoms. The predicted molar refractivity (Wildman–Crippen MR) is 81.5 cm³/mol. The normalized spacial score (nSPS) is 12.8. The lowest BCUT2D eigenvalue weighted by molar-refractivity contribution is 0.222. The average molecular weight is 337 g/mol. The first-order valence-corrected chi connectivity index (χ1v) is 7.02. The summed E-state index contributed by atoms with van der Waals surface area (Å²) in [5.74, 6) is 0. The van der Waals surface area contributed by atoms with Crippen LogP contribution in [0.4, 0.5) is 0 Å². The number of aliphatic hydroxyl groups excluding tert-OH is 1. The maximum atomic E-state index is 10.5. The molecule has 96 valence electrons. The van der Waals surface area contributed by atoms with Gasteiger partial charge in [0, 0.05) is 32.2 Å². The van der Waals surface area contributed by atoms with Crippen LogP contribution in [0, 0.1) is 0 Å². The fourth-order valence-corrected chi connectivity index (χ4v) is 2.61. The summed E-state index contributed by atoms with van der Waals surface area (Å²) in [6, 6.07) is 13.3. The van der Waals surface area contributed by atoms with Crippen molar-refractivity contribution in [3.05, 3.63) is 69.3 Å². The van der Waals surface area contributed by atoms with Crippen molar-refractivity contribution < 1.29 is 5.11 Å². The van der Waals surface area contributed by atoms with Crippen LogP contribution in [0.3, 0.4) is 0 Å². The van der Waals surface area contributed by atoms with Crippen molar-refractivity contribution in [2.75, 3.05) is 0 Å². The van der Waals surface area contributed by atoms with Gasteiger partial charge in [-0.05, 0) is 29.8 Å². The number of rotatable bonds is 2. The van der Waals surface area contributed by atoms with Crippen molar-refractivity contribution in [2.45, 2.75) is 6.10 Å². The molecule has 1 heterocycles. The van der Waals surface area contributed by atoms with Gasteiger partial charge < -0.3 is 10.1 Å². The van der Waals surface area contributed by atoms with Crippen molar-refractivity contribution in [3.63, 3.8) is 0 Å². The molecule has 4 heteroatoms.